The molecule has 3 aromatic rings. The molecule has 1 N–H and O–H groups in total. The molecule has 0 radical (unpaired) electrons. The van der Waals surface area contributed by atoms with Crippen molar-refractivity contribution >= 4 is 34.2 Å². The van der Waals surface area contributed by atoms with Gasteiger partial charge in [-0.3, -0.25) is 0 Å². The third-order valence-corrected chi connectivity index (χ3v) is 5.25. The number of rotatable bonds is 3. The maximum Gasteiger partial charge on any atom is 0.344 e. The van der Waals surface area contributed by atoms with Crippen molar-refractivity contribution in [3.8, 4) is 0 Å². The number of hydrogen-bond donors (Lipinski definition) is 1. The largest absolute Gasteiger partial charge is 0.344 e. The third kappa shape index (κ3) is 2.19. The van der Waals surface area contributed by atoms with Crippen LogP contribution in [0.2, 0.25) is 0 Å². The number of aryl methyl sites for hydroxylation is 2. The Kier molecular flexibility index (Phi) is 3.55. The van der Waals surface area contributed by atoms with Gasteiger partial charge < -0.3 is 0 Å². The van der Waals surface area contributed by atoms with Gasteiger partial charge in [0.1, 0.15) is 5.69 Å². The highest BCUT2D eigenvalue weighted by atomic mass is 32.1. The molecular weight excluding hydrogens is 318 g/mol. The Morgan fingerprint density at radius 2 is 1.62 bits per heavy atom. The number of anilines is 1. The van der Waals surface area contributed by atoms with Gasteiger partial charge in [0.05, 0.1) is 5.69 Å². The molecule has 5 nitrogen and oxygen atoms in total. The maximum absolute atomic E-state index is 4.82. The van der Waals surface area contributed by atoms with Crippen LogP contribution in [-0.2, 0) is 0 Å². The number of nitrogens with zero attached hydrogens (tertiary/aromatic N) is 4. The van der Waals surface area contributed by atoms with Crippen molar-refractivity contribution in [2.45, 2.75) is 13.8 Å². The summed E-state index contributed by atoms with van der Waals surface area (Å²) in [7, 11) is 0. The molecule has 0 bridgehead atoms. The summed E-state index contributed by atoms with van der Waals surface area (Å²) >= 11 is 1.68. The highest BCUT2D eigenvalue weighted by Gasteiger charge is 2.48. The SMILES string of the molecule is Cc1nc([N+]2(c3ccccc3)NC=NN2c2ccccc2)sc1C. The number of nitrogens with one attached hydrogen (secondary N) is 1. The summed E-state index contributed by atoms with van der Waals surface area (Å²) < 4.78 is 0.226. The van der Waals surface area contributed by atoms with Gasteiger partial charge in [0.15, 0.2) is 12.0 Å². The summed E-state index contributed by atoms with van der Waals surface area (Å²) in [6.07, 6.45) is 1.73. The van der Waals surface area contributed by atoms with Crippen LogP contribution in [0.4, 0.5) is 16.5 Å². The van der Waals surface area contributed by atoms with Crippen molar-refractivity contribution in [2.75, 3.05) is 5.12 Å². The second-order valence-corrected chi connectivity index (χ2v) is 6.79. The van der Waals surface area contributed by atoms with E-state index in [0.29, 0.717) is 0 Å². The van der Waals surface area contributed by atoms with Crippen molar-refractivity contribution < 1.29 is 0 Å². The summed E-state index contributed by atoms with van der Waals surface area (Å²) in [6.45, 7) is 4.14. The van der Waals surface area contributed by atoms with Gasteiger partial charge in [-0.1, -0.05) is 52.9 Å². The number of quaternary nitrogens is 1. The Hall–Kier alpha value is -2.70. The molecule has 2 heterocycles. The first kappa shape index (κ1) is 14.9. The van der Waals surface area contributed by atoms with Crippen LogP contribution in [0.15, 0.2) is 65.8 Å². The fraction of sp³-hybridized carbons (Fsp3) is 0.111. The van der Waals surface area contributed by atoms with Crippen LogP contribution >= 0.6 is 11.3 Å². The minimum absolute atomic E-state index is 0.226. The van der Waals surface area contributed by atoms with Gasteiger partial charge in [0.2, 0.25) is 0 Å². The number of benzene rings is 2. The average Bonchev–Trinajstić information content (AvgIpc) is 3.21. The van der Waals surface area contributed by atoms with Crippen LogP contribution in [0.3, 0.4) is 0 Å². The van der Waals surface area contributed by atoms with Crippen molar-refractivity contribution in [1.29, 1.82) is 0 Å². The molecule has 6 heteroatoms. The fourth-order valence-electron chi connectivity index (χ4n) is 2.77. The van der Waals surface area contributed by atoms with Crippen LogP contribution < -0.4 is 15.2 Å². The minimum atomic E-state index is 0.226. The van der Waals surface area contributed by atoms with E-state index in [9.17, 15) is 0 Å². The molecule has 2 aromatic carbocycles. The first-order valence-electron chi connectivity index (χ1n) is 7.77. The molecule has 1 aliphatic heterocycles. The molecule has 0 fully saturated rings. The fourth-order valence-corrected chi connectivity index (χ4v) is 3.78. The standard InChI is InChI=1S/C18H18N5S/c1-14-15(2)24-18(21-14)23(17-11-7-4-8-12-17)20-13-19-22(23)16-9-5-3-6-10-16/h3-13H,1-2H3,(H,19,20)/q+1. The number of para-hydroxylation sites is 2. The summed E-state index contributed by atoms with van der Waals surface area (Å²) in [5, 5.41) is 7.47. The summed E-state index contributed by atoms with van der Waals surface area (Å²) in [6, 6.07) is 20.4. The summed E-state index contributed by atoms with van der Waals surface area (Å²) in [5.41, 5.74) is 6.50. The lowest BCUT2D eigenvalue weighted by Gasteiger charge is -2.34. The zero-order chi connectivity index (χ0) is 16.6. The van der Waals surface area contributed by atoms with Crippen molar-refractivity contribution in [3.05, 3.63) is 71.2 Å². The molecule has 0 amide bonds. The second-order valence-electron chi connectivity index (χ2n) is 5.61. The van der Waals surface area contributed by atoms with Gasteiger partial charge in [-0.15, -0.1) is 5.10 Å². The number of aromatic nitrogens is 1. The highest BCUT2D eigenvalue weighted by molar-refractivity contribution is 7.15. The van der Waals surface area contributed by atoms with E-state index < -0.39 is 0 Å². The van der Waals surface area contributed by atoms with Gasteiger partial charge in [-0.05, 0) is 30.7 Å². The van der Waals surface area contributed by atoms with Gasteiger partial charge >= 0.3 is 5.13 Å². The number of hydrazone groups is 1. The molecule has 1 unspecified atom stereocenters. The van der Waals surface area contributed by atoms with Crippen LogP contribution in [0.25, 0.3) is 0 Å². The topological polar surface area (TPSA) is 40.5 Å². The number of hydrogen-bond acceptors (Lipinski definition) is 5. The lowest BCUT2D eigenvalue weighted by atomic mass is 10.3. The molecule has 0 saturated carbocycles. The molecule has 1 atom stereocenters. The van der Waals surface area contributed by atoms with Gasteiger partial charge in [-0.25, -0.2) is 0 Å². The molecule has 1 aromatic heterocycles. The van der Waals surface area contributed by atoms with E-state index >= 15 is 0 Å². The number of thiazole rings is 1. The van der Waals surface area contributed by atoms with Crippen LogP contribution in [0.1, 0.15) is 10.6 Å². The Morgan fingerprint density at radius 1 is 0.958 bits per heavy atom. The third-order valence-electron chi connectivity index (χ3n) is 4.11. The van der Waals surface area contributed by atoms with E-state index in [1.165, 1.54) is 4.88 Å². The van der Waals surface area contributed by atoms with Crippen molar-refractivity contribution in [2.24, 2.45) is 5.10 Å². The Morgan fingerprint density at radius 3 is 2.25 bits per heavy atom. The monoisotopic (exact) mass is 336 g/mol. The van der Waals surface area contributed by atoms with E-state index in [-0.39, 0.29) is 4.70 Å². The molecule has 0 aliphatic carbocycles. The lowest BCUT2D eigenvalue weighted by Crippen LogP contribution is -2.60. The van der Waals surface area contributed by atoms with E-state index in [1.807, 2.05) is 60.6 Å². The normalized spacial score (nSPS) is 19.5. The summed E-state index contributed by atoms with van der Waals surface area (Å²) in [4.78, 5) is 6.03. The zero-order valence-electron chi connectivity index (χ0n) is 13.5. The van der Waals surface area contributed by atoms with Crippen LogP contribution in [-0.4, -0.2) is 11.3 Å². The quantitative estimate of drug-likeness (QED) is 0.726. The van der Waals surface area contributed by atoms with E-state index in [2.05, 4.69) is 29.6 Å². The lowest BCUT2D eigenvalue weighted by molar-refractivity contribution is 0.344. The predicted octanol–water partition coefficient (Wildman–Crippen LogP) is 4.28. The molecule has 1 aliphatic rings. The van der Waals surface area contributed by atoms with Crippen molar-refractivity contribution in [3.63, 3.8) is 0 Å². The second kappa shape index (κ2) is 5.74. The van der Waals surface area contributed by atoms with E-state index in [1.54, 1.807) is 17.7 Å². The first-order chi connectivity index (χ1) is 11.7. The van der Waals surface area contributed by atoms with Crippen LogP contribution in [0.5, 0.6) is 0 Å². The summed E-state index contributed by atoms with van der Waals surface area (Å²) in [5.74, 6) is 0. The minimum Gasteiger partial charge on any atom is -0.186 e. The Balaban J connectivity index is 1.95. The molecule has 120 valence electrons. The zero-order valence-corrected chi connectivity index (χ0v) is 14.4. The molecule has 0 saturated heterocycles. The highest BCUT2D eigenvalue weighted by Crippen LogP contribution is 2.41. The van der Waals surface area contributed by atoms with Crippen LogP contribution in [0, 0.1) is 13.8 Å². The molecular formula is C18H18N5S+. The Labute approximate surface area is 145 Å². The van der Waals surface area contributed by atoms with E-state index in [4.69, 9.17) is 4.98 Å². The van der Waals surface area contributed by atoms with Gasteiger partial charge in [-0.2, -0.15) is 10.4 Å². The van der Waals surface area contributed by atoms with Gasteiger partial charge in [0, 0.05) is 17.0 Å². The maximum atomic E-state index is 4.82. The molecule has 4 rings (SSSR count). The molecule has 0 spiro atoms. The Bertz CT molecular complexity index is 855. The smallest absolute Gasteiger partial charge is 0.186 e. The first-order valence-corrected chi connectivity index (χ1v) is 8.58. The van der Waals surface area contributed by atoms with E-state index in [0.717, 1.165) is 22.2 Å². The predicted molar refractivity (Wildman–Crippen MR) is 100 cm³/mol. The van der Waals surface area contributed by atoms with Gasteiger partial charge in [0.25, 0.3) is 0 Å². The van der Waals surface area contributed by atoms with Crippen molar-refractivity contribution in [1.82, 2.24) is 15.1 Å². The molecule has 24 heavy (non-hydrogen) atoms. The average molecular weight is 336 g/mol.